The van der Waals surface area contributed by atoms with Crippen LogP contribution < -0.4 is 0 Å². The quantitative estimate of drug-likeness (QED) is 0.165. The number of alkyl halides is 3. The topological polar surface area (TPSA) is 38.0 Å². The van der Waals surface area contributed by atoms with Crippen LogP contribution in [0.4, 0.5) is 18.9 Å². The Morgan fingerprint density at radius 1 is 0.561 bits per heavy atom. The van der Waals surface area contributed by atoms with Gasteiger partial charge in [-0.2, -0.15) is 18.4 Å². The first-order valence-corrected chi connectivity index (χ1v) is 18.7. The van der Waals surface area contributed by atoms with Crippen LogP contribution in [0.2, 0.25) is 0 Å². The molecule has 9 rings (SSSR count). The Morgan fingerprint density at radius 3 is 1.68 bits per heavy atom. The van der Waals surface area contributed by atoms with Crippen LogP contribution in [0.3, 0.4) is 0 Å². The Hall–Kier alpha value is -7.09. The number of nitrogens with zero attached hydrogens (tertiary/aromatic N) is 4. The van der Waals surface area contributed by atoms with E-state index in [-0.39, 0.29) is 16.7 Å². The fraction of sp³-hybridized carbons (Fsp3) is 0.120. The number of aromatic nitrogens is 2. The molecule has 9 aromatic rings. The Morgan fingerprint density at radius 2 is 1.12 bits per heavy atom. The molecule has 0 atom stereocenters. The van der Waals surface area contributed by atoms with Gasteiger partial charge in [-0.05, 0) is 123 Å². The number of para-hydroxylation sites is 2. The number of aryl methyl sites for hydroxylation is 2. The van der Waals surface area contributed by atoms with Crippen molar-refractivity contribution in [2.24, 2.45) is 0 Å². The van der Waals surface area contributed by atoms with E-state index in [0.717, 1.165) is 71.6 Å². The van der Waals surface area contributed by atoms with Crippen LogP contribution >= 0.6 is 0 Å². The number of halogens is 3. The minimum Gasteiger partial charge on any atom is -0.309 e. The maximum Gasteiger partial charge on any atom is 0.417 e. The van der Waals surface area contributed by atoms with Crippen LogP contribution in [0.1, 0.15) is 38.9 Å². The van der Waals surface area contributed by atoms with Crippen molar-refractivity contribution in [3.05, 3.63) is 172 Å². The predicted molar refractivity (Wildman–Crippen MR) is 226 cm³/mol. The highest BCUT2D eigenvalue weighted by Crippen LogP contribution is 2.47. The second-order valence-corrected chi connectivity index (χ2v) is 14.9. The molecule has 57 heavy (non-hydrogen) atoms. The lowest BCUT2D eigenvalue weighted by molar-refractivity contribution is -0.137. The van der Waals surface area contributed by atoms with E-state index in [1.54, 1.807) is 19.9 Å². The van der Waals surface area contributed by atoms with Gasteiger partial charge in [-0.3, -0.25) is 0 Å². The normalized spacial score (nSPS) is 11.8. The first-order chi connectivity index (χ1) is 27.4. The molecule has 2 aromatic heterocycles. The van der Waals surface area contributed by atoms with E-state index in [1.807, 2.05) is 79.7 Å². The van der Waals surface area contributed by atoms with Crippen molar-refractivity contribution < 1.29 is 13.2 Å². The zero-order chi connectivity index (χ0) is 39.9. The Balaban J connectivity index is 1.45. The van der Waals surface area contributed by atoms with Crippen LogP contribution in [0, 0.1) is 52.5 Å². The number of fused-ring (bicyclic) bond motifs is 6. The first-order valence-electron chi connectivity index (χ1n) is 18.7. The zero-order valence-electron chi connectivity index (χ0n) is 32.0. The summed E-state index contributed by atoms with van der Waals surface area (Å²) in [7, 11) is 0. The van der Waals surface area contributed by atoms with Gasteiger partial charge in [0.25, 0.3) is 0 Å². The lowest BCUT2D eigenvalue weighted by atomic mass is 9.84. The van der Waals surface area contributed by atoms with Crippen LogP contribution in [-0.2, 0) is 6.18 Å². The van der Waals surface area contributed by atoms with Gasteiger partial charge in [0, 0.05) is 27.1 Å². The SMILES string of the molecule is [C-]#[N+]c1ccc(-n2c3ccccc3c3cc(C)ccc32)c(-c2ccc(-c3c(C)c(C)c(C#N)c(C)c3C(F)(F)F)cc2-n2c3ccccc3c3cc(C)ccc32)c1. The van der Waals surface area contributed by atoms with Gasteiger partial charge in [0.05, 0.1) is 57.2 Å². The summed E-state index contributed by atoms with van der Waals surface area (Å²) in [6.45, 7) is 17.0. The van der Waals surface area contributed by atoms with Gasteiger partial charge in [0.15, 0.2) is 5.69 Å². The number of hydrogen-bond acceptors (Lipinski definition) is 1. The molecule has 0 radical (unpaired) electrons. The molecule has 0 spiro atoms. The maximum atomic E-state index is 15.2. The summed E-state index contributed by atoms with van der Waals surface area (Å²) in [5.74, 6) is 0. The van der Waals surface area contributed by atoms with E-state index in [0.29, 0.717) is 28.1 Å². The smallest absolute Gasteiger partial charge is 0.309 e. The summed E-state index contributed by atoms with van der Waals surface area (Å²) in [5.41, 5.74) is 9.93. The number of hydrogen-bond donors (Lipinski definition) is 0. The largest absolute Gasteiger partial charge is 0.417 e. The van der Waals surface area contributed by atoms with Gasteiger partial charge < -0.3 is 9.13 Å². The highest BCUT2D eigenvalue weighted by molar-refractivity contribution is 6.12. The molecule has 276 valence electrons. The van der Waals surface area contributed by atoms with Crippen LogP contribution in [-0.4, -0.2) is 9.13 Å². The molecular weight excluding hydrogens is 714 g/mol. The lowest BCUT2D eigenvalue weighted by Gasteiger charge is -2.24. The molecule has 7 heteroatoms. The molecule has 0 saturated heterocycles. The van der Waals surface area contributed by atoms with E-state index in [1.165, 1.54) is 6.92 Å². The van der Waals surface area contributed by atoms with E-state index < -0.39 is 11.7 Å². The second kappa shape index (κ2) is 13.0. The molecule has 0 N–H and O–H groups in total. The minimum absolute atomic E-state index is 0.0418. The first kappa shape index (κ1) is 35.6. The van der Waals surface area contributed by atoms with Crippen molar-refractivity contribution in [1.29, 1.82) is 5.26 Å². The van der Waals surface area contributed by atoms with Crippen molar-refractivity contribution >= 4 is 49.3 Å². The van der Waals surface area contributed by atoms with E-state index in [9.17, 15) is 5.26 Å². The van der Waals surface area contributed by atoms with Gasteiger partial charge in [-0.15, -0.1) is 0 Å². The maximum absolute atomic E-state index is 15.2. The molecule has 0 fully saturated rings. The third kappa shape index (κ3) is 5.42. The van der Waals surface area contributed by atoms with E-state index >= 15 is 13.2 Å². The number of rotatable bonds is 4. The molecule has 0 unspecified atom stereocenters. The molecule has 0 aliphatic carbocycles. The highest BCUT2D eigenvalue weighted by atomic mass is 19.4. The Bertz CT molecular complexity index is 3250. The van der Waals surface area contributed by atoms with Gasteiger partial charge in [-0.1, -0.05) is 77.9 Å². The summed E-state index contributed by atoms with van der Waals surface area (Å²) < 4.78 is 50.0. The molecule has 7 aromatic carbocycles. The van der Waals surface area contributed by atoms with Gasteiger partial charge in [0.1, 0.15) is 0 Å². The standard InChI is InChI=1S/C50H35F3N4/c1-28-15-20-44-38(23-28)35-11-7-9-13-42(35)56(44)46-22-18-34(55-6)26-40(46)37-19-17-33(48-31(4)30(3)41(27-54)32(5)49(48)50(51,52)53)25-47(37)57-43-14-10-8-12-36(43)39-24-29(2)16-21-45(39)57/h7-26H,1-5H3. The number of benzene rings is 7. The van der Waals surface area contributed by atoms with Crippen molar-refractivity contribution in [3.8, 4) is 39.7 Å². The molecule has 0 bridgehead atoms. The van der Waals surface area contributed by atoms with Crippen molar-refractivity contribution in [1.82, 2.24) is 9.13 Å². The fourth-order valence-corrected chi connectivity index (χ4v) is 8.84. The van der Waals surface area contributed by atoms with E-state index in [4.69, 9.17) is 6.57 Å². The monoisotopic (exact) mass is 748 g/mol. The average molecular weight is 749 g/mol. The zero-order valence-corrected chi connectivity index (χ0v) is 32.0. The minimum atomic E-state index is -4.72. The molecule has 0 amide bonds. The molecule has 0 saturated carbocycles. The predicted octanol–water partition coefficient (Wildman–Crippen LogP) is 14.2. The summed E-state index contributed by atoms with van der Waals surface area (Å²) in [6.07, 6.45) is -4.72. The van der Waals surface area contributed by atoms with Crippen LogP contribution in [0.25, 0.3) is 82.1 Å². The summed E-state index contributed by atoms with van der Waals surface area (Å²) >= 11 is 0. The summed E-state index contributed by atoms with van der Waals surface area (Å²) in [6, 6.07) is 42.2. The molecule has 0 aliphatic heterocycles. The van der Waals surface area contributed by atoms with E-state index in [2.05, 4.69) is 69.4 Å². The summed E-state index contributed by atoms with van der Waals surface area (Å²) in [4.78, 5) is 3.85. The molecule has 2 heterocycles. The molecule has 0 aliphatic rings. The highest BCUT2D eigenvalue weighted by Gasteiger charge is 2.38. The van der Waals surface area contributed by atoms with Gasteiger partial charge in [0.2, 0.25) is 0 Å². The van der Waals surface area contributed by atoms with Crippen LogP contribution in [0.15, 0.2) is 121 Å². The second-order valence-electron chi connectivity index (χ2n) is 14.9. The third-order valence-corrected chi connectivity index (χ3v) is 11.5. The van der Waals surface area contributed by atoms with Crippen molar-refractivity contribution in [2.45, 2.75) is 40.8 Å². The van der Waals surface area contributed by atoms with Gasteiger partial charge in [-0.25, -0.2) is 4.85 Å². The molecule has 4 nitrogen and oxygen atoms in total. The van der Waals surface area contributed by atoms with Gasteiger partial charge >= 0.3 is 6.18 Å². The Labute approximate surface area is 328 Å². The third-order valence-electron chi connectivity index (χ3n) is 11.5. The summed E-state index contributed by atoms with van der Waals surface area (Å²) in [5, 5.41) is 14.2. The van der Waals surface area contributed by atoms with Crippen molar-refractivity contribution in [3.63, 3.8) is 0 Å². The number of nitriles is 1. The average Bonchev–Trinajstić information content (AvgIpc) is 3.70. The molecular formula is C50H35F3N4. The van der Waals surface area contributed by atoms with Crippen LogP contribution in [0.5, 0.6) is 0 Å². The lowest BCUT2D eigenvalue weighted by Crippen LogP contribution is -2.14. The fourth-order valence-electron chi connectivity index (χ4n) is 8.84. The Kier molecular flexibility index (Phi) is 8.12. The van der Waals surface area contributed by atoms with Crippen molar-refractivity contribution in [2.75, 3.05) is 0 Å².